The third-order valence-electron chi connectivity index (χ3n) is 4.86. The number of thioether (sulfide) groups is 1. The van der Waals surface area contributed by atoms with E-state index in [-0.39, 0.29) is 16.3 Å². The summed E-state index contributed by atoms with van der Waals surface area (Å²) in [6, 6.07) is 17.5. The van der Waals surface area contributed by atoms with Gasteiger partial charge in [0.2, 0.25) is 11.8 Å². The van der Waals surface area contributed by atoms with E-state index in [0.717, 1.165) is 16.3 Å². The van der Waals surface area contributed by atoms with Crippen LogP contribution in [0.1, 0.15) is 0 Å². The largest absolute Gasteiger partial charge is 0.332 e. The van der Waals surface area contributed by atoms with Crippen LogP contribution in [-0.2, 0) is 23.7 Å². The van der Waals surface area contributed by atoms with Crippen molar-refractivity contribution >= 4 is 46.1 Å². The molecule has 0 fully saturated rings. The molecule has 33 heavy (non-hydrogen) atoms. The number of carbonyl (C=O) groups is 2. The van der Waals surface area contributed by atoms with Gasteiger partial charge >= 0.3 is 5.69 Å². The molecule has 2 aromatic carbocycles. The lowest BCUT2D eigenvalue weighted by molar-refractivity contribution is -0.123. The molecule has 10 nitrogen and oxygen atoms in total. The van der Waals surface area contributed by atoms with Gasteiger partial charge in [0.05, 0.1) is 0 Å². The van der Waals surface area contributed by atoms with Gasteiger partial charge in [-0.2, -0.15) is 0 Å². The summed E-state index contributed by atoms with van der Waals surface area (Å²) in [6.45, 7) is 0. The van der Waals surface area contributed by atoms with Crippen molar-refractivity contribution in [2.45, 2.75) is 10.4 Å². The number of fused-ring (bicyclic) bond motifs is 1. The SMILES string of the molecule is Cn1c(=O)c2[nH]c(SC(C(=O)Nc3ccccc3)C(=O)Nc3ccccc3)nc2n(C)c1=O. The Bertz CT molecular complexity index is 1390. The number of aromatic amines is 1. The normalized spacial score (nSPS) is 11.0. The first-order valence-electron chi connectivity index (χ1n) is 9.89. The molecule has 4 aromatic rings. The number of anilines is 2. The highest BCUT2D eigenvalue weighted by Gasteiger charge is 2.30. The van der Waals surface area contributed by atoms with E-state index in [4.69, 9.17) is 0 Å². The Labute approximate surface area is 191 Å². The van der Waals surface area contributed by atoms with Crippen molar-refractivity contribution in [2.24, 2.45) is 14.1 Å². The first kappa shape index (κ1) is 22.1. The first-order valence-corrected chi connectivity index (χ1v) is 10.8. The van der Waals surface area contributed by atoms with Gasteiger partial charge in [-0.3, -0.25) is 23.5 Å². The number of carbonyl (C=O) groups excluding carboxylic acids is 2. The standard InChI is InChI=1S/C22H20N6O4S/c1-27-17-15(20(31)28(2)22(27)32)25-21(26-17)33-16(18(29)23-13-9-5-3-6-10-13)19(30)24-14-11-7-4-8-12-14/h3-12,16H,1-2H3,(H,23,29)(H,24,30)(H,25,26). The topological polar surface area (TPSA) is 131 Å². The zero-order chi connectivity index (χ0) is 23.5. The quantitative estimate of drug-likeness (QED) is 0.294. The van der Waals surface area contributed by atoms with E-state index in [2.05, 4.69) is 20.6 Å². The van der Waals surface area contributed by atoms with Crippen LogP contribution in [0.3, 0.4) is 0 Å². The number of imidazole rings is 1. The fourth-order valence-electron chi connectivity index (χ4n) is 3.16. The molecule has 4 rings (SSSR count). The second-order valence-corrected chi connectivity index (χ2v) is 8.25. The second-order valence-electron chi connectivity index (χ2n) is 7.15. The molecule has 0 bridgehead atoms. The van der Waals surface area contributed by atoms with Crippen molar-refractivity contribution in [1.82, 2.24) is 19.1 Å². The highest BCUT2D eigenvalue weighted by atomic mass is 32.2. The Morgan fingerprint density at radius 1 is 0.879 bits per heavy atom. The molecule has 2 heterocycles. The van der Waals surface area contributed by atoms with Crippen LogP contribution in [0, 0.1) is 0 Å². The molecule has 0 radical (unpaired) electrons. The highest BCUT2D eigenvalue weighted by Crippen LogP contribution is 2.25. The lowest BCUT2D eigenvalue weighted by Gasteiger charge is -2.15. The molecule has 2 amide bonds. The van der Waals surface area contributed by atoms with Crippen LogP contribution in [0.2, 0.25) is 0 Å². The van der Waals surface area contributed by atoms with Gasteiger partial charge in [0.25, 0.3) is 5.56 Å². The minimum absolute atomic E-state index is 0.104. The number of para-hydroxylation sites is 2. The Morgan fingerprint density at radius 2 is 1.39 bits per heavy atom. The molecular formula is C22H20N6O4S. The van der Waals surface area contributed by atoms with Gasteiger partial charge < -0.3 is 15.6 Å². The summed E-state index contributed by atoms with van der Waals surface area (Å²) in [5, 5.41) is 4.35. The van der Waals surface area contributed by atoms with Crippen molar-refractivity contribution in [3.63, 3.8) is 0 Å². The number of nitrogens with zero attached hydrogens (tertiary/aromatic N) is 3. The smallest absolute Gasteiger partial charge is 0.327 e. The molecule has 0 spiro atoms. The van der Waals surface area contributed by atoms with E-state index in [1.165, 1.54) is 18.7 Å². The number of hydrogen-bond donors (Lipinski definition) is 3. The molecule has 11 heteroatoms. The summed E-state index contributed by atoms with van der Waals surface area (Å²) in [5.74, 6) is -1.14. The van der Waals surface area contributed by atoms with Gasteiger partial charge in [-0.05, 0) is 24.3 Å². The van der Waals surface area contributed by atoms with Crippen LogP contribution >= 0.6 is 11.8 Å². The monoisotopic (exact) mass is 464 g/mol. The second kappa shape index (κ2) is 9.17. The predicted octanol–water partition coefficient (Wildman–Crippen LogP) is 1.70. The van der Waals surface area contributed by atoms with Crippen LogP contribution < -0.4 is 21.9 Å². The van der Waals surface area contributed by atoms with Crippen molar-refractivity contribution in [1.29, 1.82) is 0 Å². The molecular weight excluding hydrogens is 444 g/mol. The maximum atomic E-state index is 13.1. The molecule has 0 aliphatic carbocycles. The highest BCUT2D eigenvalue weighted by molar-refractivity contribution is 8.01. The maximum absolute atomic E-state index is 13.1. The van der Waals surface area contributed by atoms with Crippen molar-refractivity contribution in [3.05, 3.63) is 81.5 Å². The van der Waals surface area contributed by atoms with E-state index >= 15 is 0 Å². The number of hydrogen-bond acceptors (Lipinski definition) is 6. The summed E-state index contributed by atoms with van der Waals surface area (Å²) < 4.78 is 2.18. The van der Waals surface area contributed by atoms with Crippen LogP contribution in [0.4, 0.5) is 11.4 Å². The van der Waals surface area contributed by atoms with Gasteiger partial charge in [-0.25, -0.2) is 9.78 Å². The van der Waals surface area contributed by atoms with E-state index in [1.54, 1.807) is 48.5 Å². The summed E-state index contributed by atoms with van der Waals surface area (Å²) in [4.78, 5) is 57.9. The van der Waals surface area contributed by atoms with Gasteiger partial charge in [-0.1, -0.05) is 48.2 Å². The minimum Gasteiger partial charge on any atom is -0.327 e. The zero-order valence-electron chi connectivity index (χ0n) is 17.7. The zero-order valence-corrected chi connectivity index (χ0v) is 18.6. The van der Waals surface area contributed by atoms with Crippen molar-refractivity contribution in [2.75, 3.05) is 10.6 Å². The van der Waals surface area contributed by atoms with E-state index in [1.807, 2.05) is 12.1 Å². The average molecular weight is 465 g/mol. The van der Waals surface area contributed by atoms with Gasteiger partial charge in [0.1, 0.15) is 0 Å². The molecule has 0 aliphatic heterocycles. The number of H-pyrrole nitrogens is 1. The number of aryl methyl sites for hydroxylation is 1. The summed E-state index contributed by atoms with van der Waals surface area (Å²) in [6.07, 6.45) is 0. The molecule has 0 aliphatic rings. The van der Waals surface area contributed by atoms with Crippen molar-refractivity contribution < 1.29 is 9.59 Å². The van der Waals surface area contributed by atoms with Crippen LogP contribution in [0.15, 0.2) is 75.4 Å². The fraction of sp³-hybridized carbons (Fsp3) is 0.136. The summed E-state index contributed by atoms with van der Waals surface area (Å²) in [7, 11) is 2.85. The fourth-order valence-corrected chi connectivity index (χ4v) is 4.01. The maximum Gasteiger partial charge on any atom is 0.332 e. The van der Waals surface area contributed by atoms with E-state index in [9.17, 15) is 19.2 Å². The molecule has 168 valence electrons. The third-order valence-corrected chi connectivity index (χ3v) is 5.94. The molecule has 0 atom stereocenters. The van der Waals surface area contributed by atoms with Crippen LogP contribution in [0.5, 0.6) is 0 Å². The van der Waals surface area contributed by atoms with Crippen LogP contribution in [-0.4, -0.2) is 36.2 Å². The third kappa shape index (κ3) is 4.58. The van der Waals surface area contributed by atoms with Crippen LogP contribution in [0.25, 0.3) is 11.2 Å². The number of amides is 2. The number of nitrogens with one attached hydrogen (secondary N) is 3. The van der Waals surface area contributed by atoms with E-state index in [0.29, 0.717) is 11.4 Å². The molecule has 3 N–H and O–H groups in total. The predicted molar refractivity (Wildman–Crippen MR) is 126 cm³/mol. The number of benzene rings is 2. The summed E-state index contributed by atoms with van der Waals surface area (Å²) in [5.41, 5.74) is 0.217. The first-order chi connectivity index (χ1) is 15.8. The minimum atomic E-state index is -1.24. The summed E-state index contributed by atoms with van der Waals surface area (Å²) >= 11 is 0.844. The lowest BCUT2D eigenvalue weighted by Crippen LogP contribution is -2.36. The average Bonchev–Trinajstić information content (AvgIpc) is 3.25. The van der Waals surface area contributed by atoms with E-state index < -0.39 is 28.3 Å². The number of aromatic nitrogens is 4. The molecule has 0 saturated carbocycles. The molecule has 0 unspecified atom stereocenters. The lowest BCUT2D eigenvalue weighted by atomic mass is 10.2. The van der Waals surface area contributed by atoms with Crippen molar-refractivity contribution in [3.8, 4) is 0 Å². The Balaban J connectivity index is 1.68. The Hall–Kier alpha value is -4.12. The van der Waals surface area contributed by atoms with Gasteiger partial charge in [0.15, 0.2) is 21.6 Å². The molecule has 0 saturated heterocycles. The number of rotatable bonds is 6. The Morgan fingerprint density at radius 3 is 1.91 bits per heavy atom. The van der Waals surface area contributed by atoms with Gasteiger partial charge in [-0.15, -0.1) is 0 Å². The Kier molecular flexibility index (Phi) is 6.13. The van der Waals surface area contributed by atoms with Gasteiger partial charge in [0, 0.05) is 25.5 Å². The molecule has 2 aromatic heterocycles.